The van der Waals surface area contributed by atoms with Crippen molar-refractivity contribution in [1.29, 1.82) is 0 Å². The van der Waals surface area contributed by atoms with E-state index < -0.39 is 0 Å². The number of hydrogen-bond donors (Lipinski definition) is 2. The van der Waals surface area contributed by atoms with Crippen LogP contribution in [0.15, 0.2) is 60.8 Å². The van der Waals surface area contributed by atoms with Crippen molar-refractivity contribution in [2.75, 3.05) is 48.3 Å². The number of pyridine rings is 1. The fourth-order valence-electron chi connectivity index (χ4n) is 3.85. The van der Waals surface area contributed by atoms with Crippen molar-refractivity contribution in [2.45, 2.75) is 13.8 Å². The molecule has 35 heavy (non-hydrogen) atoms. The largest absolute Gasteiger partial charge is 0.493 e. The van der Waals surface area contributed by atoms with Crippen molar-refractivity contribution in [1.82, 2.24) is 9.88 Å². The number of para-hydroxylation sites is 1. The quantitative estimate of drug-likeness (QED) is 0.502. The van der Waals surface area contributed by atoms with Gasteiger partial charge in [-0.2, -0.15) is 0 Å². The predicted octanol–water partition coefficient (Wildman–Crippen LogP) is 5.05. The highest BCUT2D eigenvalue weighted by molar-refractivity contribution is 6.33. The molecule has 2 N–H and O–H groups in total. The lowest BCUT2D eigenvalue weighted by atomic mass is 10.2. The number of piperazine rings is 1. The third-order valence-corrected chi connectivity index (χ3v) is 6.02. The van der Waals surface area contributed by atoms with Gasteiger partial charge in [0.25, 0.3) is 5.91 Å². The summed E-state index contributed by atoms with van der Waals surface area (Å²) >= 11 is 6.20. The maximum absolute atomic E-state index is 12.7. The van der Waals surface area contributed by atoms with Gasteiger partial charge in [0.15, 0.2) is 0 Å². The predicted molar refractivity (Wildman–Crippen MR) is 139 cm³/mol. The van der Waals surface area contributed by atoms with Crippen LogP contribution in [0.5, 0.6) is 5.75 Å². The summed E-state index contributed by atoms with van der Waals surface area (Å²) in [5.41, 5.74) is 2.71. The number of aromatic nitrogens is 1. The number of aryl methyl sites for hydroxylation is 1. The highest BCUT2D eigenvalue weighted by Crippen LogP contribution is 2.24. The lowest BCUT2D eigenvalue weighted by Gasteiger charge is -2.35. The lowest BCUT2D eigenvalue weighted by Crippen LogP contribution is -2.50. The van der Waals surface area contributed by atoms with E-state index in [9.17, 15) is 9.59 Å². The maximum atomic E-state index is 12.7. The van der Waals surface area contributed by atoms with Crippen LogP contribution >= 0.6 is 11.6 Å². The van der Waals surface area contributed by atoms with Gasteiger partial charge in [-0.05, 0) is 55.8 Å². The number of rotatable bonds is 6. The van der Waals surface area contributed by atoms with Crippen molar-refractivity contribution in [3.05, 3.63) is 76.9 Å². The Kier molecular flexibility index (Phi) is 7.72. The summed E-state index contributed by atoms with van der Waals surface area (Å²) in [6, 6.07) is 16.2. The standard InChI is InChI=1S/C26H28ClN5O3/c1-3-35-23-7-5-4-6-20(23)25(33)29-19-9-11-24(28-17-19)31-12-14-32(15-13-31)26(34)30-22-16-18(2)8-10-21(22)27/h4-11,16-17H,3,12-15H2,1-2H3,(H,29,33)(H,30,34). The molecule has 1 aromatic heterocycles. The zero-order valence-electron chi connectivity index (χ0n) is 19.8. The third-order valence-electron chi connectivity index (χ3n) is 5.69. The van der Waals surface area contributed by atoms with Crippen LogP contribution in [0.2, 0.25) is 5.02 Å². The van der Waals surface area contributed by atoms with E-state index in [1.165, 1.54) is 0 Å². The molecule has 9 heteroatoms. The Bertz CT molecular complexity index is 1190. The topological polar surface area (TPSA) is 86.8 Å². The van der Waals surface area contributed by atoms with E-state index in [1.54, 1.807) is 35.4 Å². The maximum Gasteiger partial charge on any atom is 0.322 e. The van der Waals surface area contributed by atoms with Gasteiger partial charge in [-0.1, -0.05) is 29.8 Å². The summed E-state index contributed by atoms with van der Waals surface area (Å²) in [6.07, 6.45) is 1.63. The Morgan fingerprint density at radius 3 is 2.51 bits per heavy atom. The number of hydrogen-bond acceptors (Lipinski definition) is 5. The monoisotopic (exact) mass is 493 g/mol. The summed E-state index contributed by atoms with van der Waals surface area (Å²) in [5, 5.41) is 6.28. The minimum absolute atomic E-state index is 0.171. The number of ether oxygens (including phenoxy) is 1. The minimum Gasteiger partial charge on any atom is -0.493 e. The summed E-state index contributed by atoms with van der Waals surface area (Å²) in [6.45, 7) is 6.73. The second kappa shape index (κ2) is 11.1. The summed E-state index contributed by atoms with van der Waals surface area (Å²) < 4.78 is 5.54. The molecule has 1 aliphatic heterocycles. The first-order valence-electron chi connectivity index (χ1n) is 11.5. The van der Waals surface area contributed by atoms with Crippen LogP contribution in [0, 0.1) is 6.92 Å². The van der Waals surface area contributed by atoms with Gasteiger partial charge in [-0.25, -0.2) is 9.78 Å². The number of carbonyl (C=O) groups excluding carboxylic acids is 2. The van der Waals surface area contributed by atoms with Crippen LogP contribution in [0.1, 0.15) is 22.8 Å². The van der Waals surface area contributed by atoms with E-state index in [2.05, 4.69) is 20.5 Å². The molecule has 3 amide bonds. The molecule has 0 aliphatic carbocycles. The smallest absolute Gasteiger partial charge is 0.322 e. The van der Waals surface area contributed by atoms with Gasteiger partial charge in [-0.3, -0.25) is 4.79 Å². The Labute approximate surface area is 209 Å². The molecule has 2 aromatic carbocycles. The first-order chi connectivity index (χ1) is 16.9. The van der Waals surface area contributed by atoms with Gasteiger partial charge in [0, 0.05) is 26.2 Å². The minimum atomic E-state index is -0.253. The fraction of sp³-hybridized carbons (Fsp3) is 0.269. The van der Waals surface area contributed by atoms with Gasteiger partial charge >= 0.3 is 6.03 Å². The average Bonchev–Trinajstić information content (AvgIpc) is 2.87. The van der Waals surface area contributed by atoms with E-state index in [0.717, 1.165) is 11.4 Å². The van der Waals surface area contributed by atoms with Crippen LogP contribution in [0.25, 0.3) is 0 Å². The molecule has 0 saturated carbocycles. The molecule has 3 aromatic rings. The molecule has 0 bridgehead atoms. The molecule has 2 heterocycles. The fourth-order valence-corrected chi connectivity index (χ4v) is 4.01. The highest BCUT2D eigenvalue weighted by Gasteiger charge is 2.22. The highest BCUT2D eigenvalue weighted by atomic mass is 35.5. The number of nitrogens with one attached hydrogen (secondary N) is 2. The summed E-state index contributed by atoms with van der Waals surface area (Å²) in [4.78, 5) is 33.7. The summed E-state index contributed by atoms with van der Waals surface area (Å²) in [7, 11) is 0. The number of benzene rings is 2. The van der Waals surface area contributed by atoms with E-state index in [0.29, 0.717) is 60.5 Å². The number of amides is 3. The number of urea groups is 1. The summed E-state index contributed by atoms with van der Waals surface area (Å²) in [5.74, 6) is 1.08. The average molecular weight is 494 g/mol. The zero-order chi connectivity index (χ0) is 24.8. The van der Waals surface area contributed by atoms with E-state index in [1.807, 2.05) is 44.2 Å². The second-order valence-electron chi connectivity index (χ2n) is 8.18. The number of anilines is 3. The van der Waals surface area contributed by atoms with Gasteiger partial charge in [0.2, 0.25) is 0 Å². The molecular weight excluding hydrogens is 466 g/mol. The SMILES string of the molecule is CCOc1ccccc1C(=O)Nc1ccc(N2CCN(C(=O)Nc3cc(C)ccc3Cl)CC2)nc1. The van der Waals surface area contributed by atoms with Gasteiger partial charge in [0.1, 0.15) is 11.6 Å². The van der Waals surface area contributed by atoms with Gasteiger partial charge in [-0.15, -0.1) is 0 Å². The lowest BCUT2D eigenvalue weighted by molar-refractivity contribution is 0.102. The Morgan fingerprint density at radius 1 is 1.03 bits per heavy atom. The van der Waals surface area contributed by atoms with Crippen LogP contribution in [0.4, 0.5) is 22.0 Å². The van der Waals surface area contributed by atoms with Crippen molar-refractivity contribution in [3.8, 4) is 5.75 Å². The van der Waals surface area contributed by atoms with Crippen LogP contribution in [-0.4, -0.2) is 54.6 Å². The molecule has 0 spiro atoms. The van der Waals surface area contributed by atoms with Crippen LogP contribution < -0.4 is 20.3 Å². The number of carbonyl (C=O) groups is 2. The number of nitrogens with zero attached hydrogens (tertiary/aromatic N) is 3. The molecule has 0 unspecified atom stereocenters. The van der Waals surface area contributed by atoms with Crippen molar-refractivity contribution >= 4 is 40.7 Å². The Morgan fingerprint density at radius 2 is 1.80 bits per heavy atom. The normalized spacial score (nSPS) is 13.3. The molecule has 1 fully saturated rings. The third kappa shape index (κ3) is 6.02. The van der Waals surface area contributed by atoms with Crippen molar-refractivity contribution in [2.24, 2.45) is 0 Å². The van der Waals surface area contributed by atoms with E-state index in [4.69, 9.17) is 16.3 Å². The van der Waals surface area contributed by atoms with E-state index >= 15 is 0 Å². The van der Waals surface area contributed by atoms with Crippen LogP contribution in [0.3, 0.4) is 0 Å². The first kappa shape index (κ1) is 24.3. The molecule has 8 nitrogen and oxygen atoms in total. The number of halogens is 1. The zero-order valence-corrected chi connectivity index (χ0v) is 20.5. The Balaban J connectivity index is 1.32. The molecule has 0 atom stereocenters. The molecule has 0 radical (unpaired) electrons. The van der Waals surface area contributed by atoms with E-state index in [-0.39, 0.29) is 11.9 Å². The molecular formula is C26H28ClN5O3. The second-order valence-corrected chi connectivity index (χ2v) is 8.58. The Hall–Kier alpha value is -3.78. The van der Waals surface area contributed by atoms with Gasteiger partial charge in [0.05, 0.1) is 34.8 Å². The first-order valence-corrected chi connectivity index (χ1v) is 11.9. The van der Waals surface area contributed by atoms with Crippen molar-refractivity contribution < 1.29 is 14.3 Å². The molecule has 1 aliphatic rings. The molecule has 4 rings (SSSR count). The van der Waals surface area contributed by atoms with Gasteiger partial charge < -0.3 is 25.2 Å². The molecule has 182 valence electrons. The van der Waals surface area contributed by atoms with Crippen LogP contribution in [-0.2, 0) is 0 Å². The van der Waals surface area contributed by atoms with Crippen molar-refractivity contribution in [3.63, 3.8) is 0 Å². The molecule has 1 saturated heterocycles.